The Morgan fingerprint density at radius 2 is 1.88 bits per heavy atom. The molecule has 26 heavy (non-hydrogen) atoms. The standard InChI is InChI=1S/C18H13N3O5/c22-17(11-8-13-6-9-15(10-7-13)21(23)24)25-12-16-19-18(20-26-16)14-4-2-1-3-5-14/h1-11H,12H2/b11-8+. The topological polar surface area (TPSA) is 108 Å². The minimum absolute atomic E-state index is 0.0182. The Kier molecular flexibility index (Phi) is 5.14. The van der Waals surface area contributed by atoms with Crippen LogP contribution in [-0.4, -0.2) is 21.0 Å². The second kappa shape index (κ2) is 7.84. The first-order valence-electron chi connectivity index (χ1n) is 7.59. The number of hydrogen-bond acceptors (Lipinski definition) is 7. The molecule has 1 heterocycles. The van der Waals surface area contributed by atoms with Crippen LogP contribution in [0.5, 0.6) is 0 Å². The Morgan fingerprint density at radius 1 is 1.15 bits per heavy atom. The van der Waals surface area contributed by atoms with E-state index in [0.29, 0.717) is 11.4 Å². The van der Waals surface area contributed by atoms with Crippen molar-refractivity contribution < 1.29 is 19.0 Å². The third-order valence-corrected chi connectivity index (χ3v) is 3.35. The molecule has 0 radical (unpaired) electrons. The highest BCUT2D eigenvalue weighted by atomic mass is 16.6. The Hall–Kier alpha value is -3.81. The molecule has 0 amide bonds. The summed E-state index contributed by atoms with van der Waals surface area (Å²) in [6, 6.07) is 15.1. The molecule has 0 spiro atoms. The van der Waals surface area contributed by atoms with Crippen molar-refractivity contribution in [2.24, 2.45) is 0 Å². The van der Waals surface area contributed by atoms with Gasteiger partial charge in [-0.1, -0.05) is 35.5 Å². The zero-order valence-electron chi connectivity index (χ0n) is 13.4. The normalized spacial score (nSPS) is 10.8. The van der Waals surface area contributed by atoms with E-state index in [-0.39, 0.29) is 18.2 Å². The van der Waals surface area contributed by atoms with Crippen LogP contribution in [0.4, 0.5) is 5.69 Å². The van der Waals surface area contributed by atoms with E-state index >= 15 is 0 Å². The zero-order chi connectivity index (χ0) is 18.4. The molecule has 0 aliphatic carbocycles. The number of esters is 1. The van der Waals surface area contributed by atoms with Crippen LogP contribution in [0.15, 0.2) is 65.2 Å². The van der Waals surface area contributed by atoms with Crippen LogP contribution in [0.1, 0.15) is 11.5 Å². The maximum Gasteiger partial charge on any atom is 0.331 e. The zero-order valence-corrected chi connectivity index (χ0v) is 13.4. The van der Waals surface area contributed by atoms with Crippen molar-refractivity contribution in [1.29, 1.82) is 0 Å². The first kappa shape index (κ1) is 17.0. The molecular weight excluding hydrogens is 338 g/mol. The van der Waals surface area contributed by atoms with E-state index in [2.05, 4.69) is 10.1 Å². The van der Waals surface area contributed by atoms with Gasteiger partial charge in [-0.3, -0.25) is 10.1 Å². The van der Waals surface area contributed by atoms with Crippen molar-refractivity contribution in [3.05, 3.63) is 82.2 Å². The SMILES string of the molecule is O=C(/C=C/c1ccc([N+](=O)[O-])cc1)OCc1nc(-c2ccccc2)no1. The number of nitro benzene ring substituents is 1. The fourth-order valence-corrected chi connectivity index (χ4v) is 2.07. The van der Waals surface area contributed by atoms with Gasteiger partial charge < -0.3 is 9.26 Å². The van der Waals surface area contributed by atoms with Gasteiger partial charge in [0.1, 0.15) is 0 Å². The number of carbonyl (C=O) groups excluding carboxylic acids is 1. The lowest BCUT2D eigenvalue weighted by Gasteiger charge is -1.97. The highest BCUT2D eigenvalue weighted by molar-refractivity contribution is 5.87. The average molecular weight is 351 g/mol. The minimum Gasteiger partial charge on any atom is -0.452 e. The second-order valence-electron chi connectivity index (χ2n) is 5.17. The third-order valence-electron chi connectivity index (χ3n) is 3.35. The predicted molar refractivity (Wildman–Crippen MR) is 91.7 cm³/mol. The number of nitrogens with zero attached hydrogens (tertiary/aromatic N) is 3. The van der Waals surface area contributed by atoms with E-state index in [1.807, 2.05) is 30.3 Å². The largest absolute Gasteiger partial charge is 0.452 e. The van der Waals surface area contributed by atoms with Crippen LogP contribution < -0.4 is 0 Å². The number of rotatable bonds is 6. The summed E-state index contributed by atoms with van der Waals surface area (Å²) in [5.41, 5.74) is 1.42. The van der Waals surface area contributed by atoms with Gasteiger partial charge >= 0.3 is 5.97 Å². The second-order valence-corrected chi connectivity index (χ2v) is 5.17. The first-order chi connectivity index (χ1) is 12.6. The highest BCUT2D eigenvalue weighted by Gasteiger charge is 2.10. The molecule has 0 unspecified atom stereocenters. The lowest BCUT2D eigenvalue weighted by Crippen LogP contribution is -2.01. The quantitative estimate of drug-likeness (QED) is 0.290. The number of carbonyl (C=O) groups is 1. The van der Waals surface area contributed by atoms with Crippen LogP contribution >= 0.6 is 0 Å². The van der Waals surface area contributed by atoms with E-state index in [4.69, 9.17) is 9.26 Å². The van der Waals surface area contributed by atoms with Crippen molar-refractivity contribution in [2.45, 2.75) is 6.61 Å². The molecule has 1 aromatic heterocycles. The monoisotopic (exact) mass is 351 g/mol. The fourth-order valence-electron chi connectivity index (χ4n) is 2.07. The molecular formula is C18H13N3O5. The van der Waals surface area contributed by atoms with Crippen molar-refractivity contribution >= 4 is 17.7 Å². The molecule has 0 fully saturated rings. The maximum atomic E-state index is 11.7. The van der Waals surface area contributed by atoms with E-state index in [1.165, 1.54) is 36.4 Å². The van der Waals surface area contributed by atoms with E-state index in [9.17, 15) is 14.9 Å². The molecule has 0 aliphatic heterocycles. The van der Waals surface area contributed by atoms with Gasteiger partial charge in [0.05, 0.1) is 4.92 Å². The molecule has 0 bridgehead atoms. The lowest BCUT2D eigenvalue weighted by molar-refractivity contribution is -0.384. The van der Waals surface area contributed by atoms with Crippen molar-refractivity contribution in [3.63, 3.8) is 0 Å². The van der Waals surface area contributed by atoms with Crippen LogP contribution in [0.2, 0.25) is 0 Å². The summed E-state index contributed by atoms with van der Waals surface area (Å²) in [5, 5.41) is 14.4. The van der Waals surface area contributed by atoms with Crippen LogP contribution in [0, 0.1) is 10.1 Å². The summed E-state index contributed by atoms with van der Waals surface area (Å²) < 4.78 is 10.1. The smallest absolute Gasteiger partial charge is 0.331 e. The summed E-state index contributed by atoms with van der Waals surface area (Å²) in [7, 11) is 0. The summed E-state index contributed by atoms with van der Waals surface area (Å²) in [4.78, 5) is 26.0. The number of hydrogen-bond donors (Lipinski definition) is 0. The fraction of sp³-hybridized carbons (Fsp3) is 0.0556. The Morgan fingerprint density at radius 3 is 2.58 bits per heavy atom. The predicted octanol–water partition coefficient (Wildman–Crippen LogP) is 3.40. The van der Waals surface area contributed by atoms with Gasteiger partial charge in [-0.2, -0.15) is 4.98 Å². The number of benzene rings is 2. The number of non-ortho nitro benzene ring substituents is 1. The average Bonchev–Trinajstić information content (AvgIpc) is 3.15. The van der Waals surface area contributed by atoms with Crippen molar-refractivity contribution in [1.82, 2.24) is 10.1 Å². The van der Waals surface area contributed by atoms with E-state index in [1.54, 1.807) is 0 Å². The van der Waals surface area contributed by atoms with Gasteiger partial charge in [0.25, 0.3) is 11.6 Å². The number of aromatic nitrogens is 2. The first-order valence-corrected chi connectivity index (χ1v) is 7.59. The molecule has 8 heteroatoms. The lowest BCUT2D eigenvalue weighted by atomic mass is 10.2. The minimum atomic E-state index is -0.595. The van der Waals surface area contributed by atoms with Gasteiger partial charge in [0.15, 0.2) is 6.61 Å². The van der Waals surface area contributed by atoms with Crippen LogP contribution in [-0.2, 0) is 16.1 Å². The van der Waals surface area contributed by atoms with E-state index < -0.39 is 10.9 Å². The molecule has 8 nitrogen and oxygen atoms in total. The molecule has 0 atom stereocenters. The third kappa shape index (κ3) is 4.38. The molecule has 2 aromatic carbocycles. The van der Waals surface area contributed by atoms with Gasteiger partial charge in [-0.15, -0.1) is 0 Å². The molecule has 0 aliphatic rings. The Bertz CT molecular complexity index is 933. The maximum absolute atomic E-state index is 11.7. The van der Waals surface area contributed by atoms with Gasteiger partial charge in [-0.25, -0.2) is 4.79 Å². The number of ether oxygens (including phenoxy) is 1. The van der Waals surface area contributed by atoms with E-state index in [0.717, 1.165) is 5.56 Å². The molecule has 3 aromatic rings. The summed E-state index contributed by atoms with van der Waals surface area (Å²) in [6.45, 7) is -0.150. The number of nitro groups is 1. The Labute approximate surface area is 147 Å². The molecule has 130 valence electrons. The summed E-state index contributed by atoms with van der Waals surface area (Å²) in [6.07, 6.45) is 2.71. The van der Waals surface area contributed by atoms with Crippen molar-refractivity contribution in [2.75, 3.05) is 0 Å². The summed E-state index contributed by atoms with van der Waals surface area (Å²) >= 11 is 0. The van der Waals surface area contributed by atoms with Gasteiger partial charge in [0, 0.05) is 23.8 Å². The molecule has 0 N–H and O–H groups in total. The molecule has 0 saturated carbocycles. The Balaban J connectivity index is 1.54. The van der Waals surface area contributed by atoms with Crippen LogP contribution in [0.3, 0.4) is 0 Å². The van der Waals surface area contributed by atoms with Gasteiger partial charge in [-0.05, 0) is 23.8 Å². The van der Waals surface area contributed by atoms with Crippen LogP contribution in [0.25, 0.3) is 17.5 Å². The summed E-state index contributed by atoms with van der Waals surface area (Å²) in [5.74, 6) is 0.00169. The molecule has 3 rings (SSSR count). The highest BCUT2D eigenvalue weighted by Crippen LogP contribution is 2.15. The molecule has 0 saturated heterocycles. The van der Waals surface area contributed by atoms with Gasteiger partial charge in [0.2, 0.25) is 5.82 Å². The van der Waals surface area contributed by atoms with Crippen molar-refractivity contribution in [3.8, 4) is 11.4 Å².